The third kappa shape index (κ3) is 3.37. The van der Waals surface area contributed by atoms with Crippen LogP contribution in [0.15, 0.2) is 54.7 Å². The van der Waals surface area contributed by atoms with E-state index in [1.807, 2.05) is 30.5 Å². The highest BCUT2D eigenvalue weighted by molar-refractivity contribution is 6.00. The number of nitrogens with zero attached hydrogens (tertiary/aromatic N) is 2. The highest BCUT2D eigenvalue weighted by Crippen LogP contribution is 2.22. The van der Waals surface area contributed by atoms with E-state index in [9.17, 15) is 4.79 Å². The van der Waals surface area contributed by atoms with Crippen LogP contribution in [0.1, 0.15) is 22.8 Å². The first-order valence-electron chi connectivity index (χ1n) is 9.26. The number of aromatic amines is 1. The summed E-state index contributed by atoms with van der Waals surface area (Å²) >= 11 is 0. The fourth-order valence-electron chi connectivity index (χ4n) is 3.88. The summed E-state index contributed by atoms with van der Waals surface area (Å²) in [6.45, 7) is 7.62. The Morgan fingerprint density at radius 2 is 2.04 bits per heavy atom. The monoisotopic (exact) mass is 347 g/mol. The molecular formula is C22H25N3O. The molecule has 1 aliphatic heterocycles. The van der Waals surface area contributed by atoms with E-state index in [1.54, 1.807) is 0 Å². The van der Waals surface area contributed by atoms with E-state index in [1.165, 1.54) is 11.3 Å². The number of rotatable bonds is 4. The van der Waals surface area contributed by atoms with Crippen LogP contribution < -0.4 is 4.90 Å². The molecule has 26 heavy (non-hydrogen) atoms. The molecule has 4 heteroatoms. The summed E-state index contributed by atoms with van der Waals surface area (Å²) in [5.41, 5.74) is 4.37. The number of anilines is 1. The molecule has 2 aromatic carbocycles. The van der Waals surface area contributed by atoms with E-state index < -0.39 is 0 Å². The Bertz CT molecular complexity index is 930. The van der Waals surface area contributed by atoms with Crippen LogP contribution in [-0.4, -0.2) is 47.9 Å². The number of carbonyl (C=O) groups is 1. The van der Waals surface area contributed by atoms with Crippen LogP contribution in [0.3, 0.4) is 0 Å². The number of ketones is 1. The van der Waals surface area contributed by atoms with Crippen LogP contribution in [0.2, 0.25) is 0 Å². The number of aryl methyl sites for hydroxylation is 1. The molecule has 0 saturated carbocycles. The Hall–Kier alpha value is -2.59. The van der Waals surface area contributed by atoms with Gasteiger partial charge < -0.3 is 9.88 Å². The van der Waals surface area contributed by atoms with Crippen LogP contribution in [0.25, 0.3) is 10.9 Å². The number of hydrogen-bond donors (Lipinski definition) is 1. The second kappa shape index (κ2) is 6.96. The lowest BCUT2D eigenvalue weighted by Crippen LogP contribution is -2.53. The molecule has 1 aromatic heterocycles. The zero-order chi connectivity index (χ0) is 18.1. The van der Waals surface area contributed by atoms with Gasteiger partial charge in [-0.2, -0.15) is 0 Å². The number of fused-ring (bicyclic) bond motifs is 1. The van der Waals surface area contributed by atoms with Gasteiger partial charge in [-0.1, -0.05) is 24.3 Å². The van der Waals surface area contributed by atoms with Crippen molar-refractivity contribution in [3.8, 4) is 0 Å². The Morgan fingerprint density at radius 1 is 1.15 bits per heavy atom. The van der Waals surface area contributed by atoms with Gasteiger partial charge in [0.1, 0.15) is 0 Å². The van der Waals surface area contributed by atoms with Gasteiger partial charge in [-0.3, -0.25) is 9.69 Å². The molecule has 0 aliphatic carbocycles. The van der Waals surface area contributed by atoms with Gasteiger partial charge in [-0.05, 0) is 49.1 Å². The standard InChI is InChI=1S/C22H25N3O/c1-16-4-3-5-20(12-16)25-11-10-24(14-17(25)2)15-22(26)19-7-6-18-8-9-23-21(18)13-19/h3-9,12-13,17,23H,10-11,14-15H2,1-2H3/t17-/m0/s1. The molecule has 4 nitrogen and oxygen atoms in total. The number of carbonyl (C=O) groups excluding carboxylic acids is 1. The number of aromatic nitrogens is 1. The third-order valence-electron chi connectivity index (χ3n) is 5.29. The minimum Gasteiger partial charge on any atom is -0.366 e. The van der Waals surface area contributed by atoms with E-state index in [0.717, 1.165) is 36.1 Å². The Morgan fingerprint density at radius 3 is 2.85 bits per heavy atom. The van der Waals surface area contributed by atoms with E-state index in [4.69, 9.17) is 0 Å². The Kier molecular flexibility index (Phi) is 4.51. The van der Waals surface area contributed by atoms with Crippen LogP contribution in [-0.2, 0) is 0 Å². The molecule has 0 radical (unpaired) electrons. The van der Waals surface area contributed by atoms with Crippen molar-refractivity contribution in [2.24, 2.45) is 0 Å². The minimum absolute atomic E-state index is 0.192. The first-order chi connectivity index (χ1) is 12.6. The average molecular weight is 347 g/mol. The maximum atomic E-state index is 12.7. The van der Waals surface area contributed by atoms with E-state index >= 15 is 0 Å². The molecule has 3 aromatic rings. The van der Waals surface area contributed by atoms with Crippen molar-refractivity contribution in [2.75, 3.05) is 31.1 Å². The van der Waals surface area contributed by atoms with Crippen molar-refractivity contribution in [1.82, 2.24) is 9.88 Å². The summed E-state index contributed by atoms with van der Waals surface area (Å²) < 4.78 is 0. The first-order valence-corrected chi connectivity index (χ1v) is 9.26. The number of piperazine rings is 1. The second-order valence-corrected chi connectivity index (χ2v) is 7.32. The van der Waals surface area contributed by atoms with Crippen molar-refractivity contribution >= 4 is 22.4 Å². The zero-order valence-electron chi connectivity index (χ0n) is 15.4. The number of nitrogens with one attached hydrogen (secondary N) is 1. The van der Waals surface area contributed by atoms with Gasteiger partial charge in [0.2, 0.25) is 0 Å². The minimum atomic E-state index is 0.192. The van der Waals surface area contributed by atoms with Gasteiger partial charge in [-0.15, -0.1) is 0 Å². The van der Waals surface area contributed by atoms with Gasteiger partial charge in [0.25, 0.3) is 0 Å². The van der Waals surface area contributed by atoms with Crippen LogP contribution in [0.4, 0.5) is 5.69 Å². The number of benzene rings is 2. The van der Waals surface area contributed by atoms with E-state index in [0.29, 0.717) is 12.6 Å². The fourth-order valence-corrected chi connectivity index (χ4v) is 3.88. The molecular weight excluding hydrogens is 322 g/mol. The summed E-state index contributed by atoms with van der Waals surface area (Å²) in [6.07, 6.45) is 1.91. The topological polar surface area (TPSA) is 39.3 Å². The summed E-state index contributed by atoms with van der Waals surface area (Å²) in [5, 5.41) is 1.14. The van der Waals surface area contributed by atoms with Crippen molar-refractivity contribution < 1.29 is 4.79 Å². The molecule has 134 valence electrons. The second-order valence-electron chi connectivity index (χ2n) is 7.32. The molecule has 0 spiro atoms. The summed E-state index contributed by atoms with van der Waals surface area (Å²) in [6, 6.07) is 17.0. The summed E-state index contributed by atoms with van der Waals surface area (Å²) in [7, 11) is 0. The van der Waals surface area contributed by atoms with Crippen molar-refractivity contribution in [3.63, 3.8) is 0 Å². The van der Waals surface area contributed by atoms with Gasteiger partial charge in [0.15, 0.2) is 5.78 Å². The highest BCUT2D eigenvalue weighted by atomic mass is 16.1. The lowest BCUT2D eigenvalue weighted by molar-refractivity contribution is 0.0917. The summed E-state index contributed by atoms with van der Waals surface area (Å²) in [5.74, 6) is 0.192. The first kappa shape index (κ1) is 16.9. The maximum absolute atomic E-state index is 12.7. The molecule has 0 amide bonds. The number of hydrogen-bond acceptors (Lipinski definition) is 3. The van der Waals surface area contributed by atoms with Crippen molar-refractivity contribution in [2.45, 2.75) is 19.9 Å². The summed E-state index contributed by atoms with van der Waals surface area (Å²) in [4.78, 5) is 20.6. The van der Waals surface area contributed by atoms with E-state index in [2.05, 4.69) is 52.9 Å². The average Bonchev–Trinajstić information content (AvgIpc) is 3.09. The maximum Gasteiger partial charge on any atom is 0.176 e. The molecule has 1 saturated heterocycles. The molecule has 1 atom stereocenters. The molecule has 4 rings (SSSR count). The molecule has 1 aliphatic rings. The Labute approximate surface area is 154 Å². The van der Waals surface area contributed by atoms with Gasteiger partial charge in [0.05, 0.1) is 6.54 Å². The van der Waals surface area contributed by atoms with Crippen molar-refractivity contribution in [1.29, 1.82) is 0 Å². The third-order valence-corrected chi connectivity index (χ3v) is 5.29. The SMILES string of the molecule is Cc1cccc(N2CCN(CC(=O)c3ccc4cc[nH]c4c3)C[C@@H]2C)c1. The predicted octanol–water partition coefficient (Wildman–Crippen LogP) is 3.87. The van der Waals surface area contributed by atoms with Crippen LogP contribution >= 0.6 is 0 Å². The smallest absolute Gasteiger partial charge is 0.176 e. The van der Waals surface area contributed by atoms with Gasteiger partial charge in [-0.25, -0.2) is 0 Å². The van der Waals surface area contributed by atoms with E-state index in [-0.39, 0.29) is 5.78 Å². The molecule has 0 unspecified atom stereocenters. The molecule has 1 fully saturated rings. The molecule has 0 bridgehead atoms. The van der Waals surface area contributed by atoms with Crippen LogP contribution in [0.5, 0.6) is 0 Å². The van der Waals surface area contributed by atoms with Crippen molar-refractivity contribution in [3.05, 3.63) is 65.9 Å². The number of Topliss-reactive ketones (excluding diaryl/α,β-unsaturated/α-hetero) is 1. The highest BCUT2D eigenvalue weighted by Gasteiger charge is 2.25. The normalized spacial score (nSPS) is 18.4. The van der Waals surface area contributed by atoms with Gasteiger partial charge in [0, 0.05) is 48.6 Å². The molecule has 1 N–H and O–H groups in total. The lowest BCUT2D eigenvalue weighted by Gasteiger charge is -2.41. The lowest BCUT2D eigenvalue weighted by atomic mass is 10.1. The zero-order valence-corrected chi connectivity index (χ0v) is 15.4. The van der Waals surface area contributed by atoms with Crippen LogP contribution in [0, 0.1) is 6.92 Å². The van der Waals surface area contributed by atoms with Gasteiger partial charge >= 0.3 is 0 Å². The molecule has 2 heterocycles. The number of H-pyrrole nitrogens is 1. The predicted molar refractivity (Wildman–Crippen MR) is 107 cm³/mol. The quantitative estimate of drug-likeness (QED) is 0.728. The fraction of sp³-hybridized carbons (Fsp3) is 0.318. The Balaban J connectivity index is 1.41. The largest absolute Gasteiger partial charge is 0.366 e.